The van der Waals surface area contributed by atoms with E-state index in [-0.39, 0.29) is 34.6 Å². The van der Waals surface area contributed by atoms with Crippen LogP contribution < -0.4 is 4.74 Å². The van der Waals surface area contributed by atoms with Crippen LogP contribution >= 0.6 is 0 Å². The van der Waals surface area contributed by atoms with Crippen molar-refractivity contribution < 1.29 is 23.1 Å². The highest BCUT2D eigenvalue weighted by Crippen LogP contribution is 2.39. The van der Waals surface area contributed by atoms with Crippen molar-refractivity contribution in [3.05, 3.63) is 52.6 Å². The second kappa shape index (κ2) is 6.15. The number of carbonyl (C=O) groups is 2. The molecule has 0 saturated carbocycles. The summed E-state index contributed by atoms with van der Waals surface area (Å²) in [4.78, 5) is 24.7. The van der Waals surface area contributed by atoms with Gasteiger partial charge in [0.05, 0.1) is 17.7 Å². The highest BCUT2D eigenvalue weighted by molar-refractivity contribution is 6.53. The summed E-state index contributed by atoms with van der Waals surface area (Å²) in [7, 11) is 0. The van der Waals surface area contributed by atoms with Gasteiger partial charge in [0.2, 0.25) is 11.6 Å². The standard InChI is InChI=1S/C19H16F2O3/c1-3-5-10-6-7-11-12-8-9-13(24-4-2)17(21)15(12)19(23)18(22)14(11)16(10)20/h6-9H,3-5H2,1-2H3. The molecule has 0 heterocycles. The molecular weight excluding hydrogens is 314 g/mol. The fourth-order valence-corrected chi connectivity index (χ4v) is 3.03. The van der Waals surface area contributed by atoms with Gasteiger partial charge in [-0.25, -0.2) is 8.78 Å². The zero-order valence-electron chi connectivity index (χ0n) is 13.4. The molecule has 24 heavy (non-hydrogen) atoms. The number of benzene rings is 2. The average Bonchev–Trinajstić information content (AvgIpc) is 2.56. The Morgan fingerprint density at radius 2 is 1.46 bits per heavy atom. The average molecular weight is 330 g/mol. The third kappa shape index (κ3) is 2.31. The molecule has 5 heteroatoms. The number of fused-ring (bicyclic) bond motifs is 3. The Bertz CT molecular complexity index is 785. The van der Waals surface area contributed by atoms with E-state index in [0.29, 0.717) is 18.4 Å². The fourth-order valence-electron chi connectivity index (χ4n) is 3.03. The van der Waals surface area contributed by atoms with Gasteiger partial charge in [-0.3, -0.25) is 9.59 Å². The first kappa shape index (κ1) is 16.3. The van der Waals surface area contributed by atoms with Crippen molar-refractivity contribution in [1.82, 2.24) is 0 Å². The molecule has 2 aromatic carbocycles. The van der Waals surface area contributed by atoms with Gasteiger partial charge in [-0.2, -0.15) is 0 Å². The van der Waals surface area contributed by atoms with Crippen LogP contribution in [0.3, 0.4) is 0 Å². The van der Waals surface area contributed by atoms with E-state index in [1.807, 2.05) is 6.92 Å². The molecule has 0 N–H and O–H groups in total. The zero-order valence-corrected chi connectivity index (χ0v) is 13.4. The second-order valence-corrected chi connectivity index (χ2v) is 5.60. The first-order chi connectivity index (χ1) is 11.5. The van der Waals surface area contributed by atoms with Gasteiger partial charge in [-0.15, -0.1) is 0 Å². The largest absolute Gasteiger partial charge is 0.491 e. The van der Waals surface area contributed by atoms with Crippen LogP contribution in [0.2, 0.25) is 0 Å². The third-order valence-corrected chi connectivity index (χ3v) is 4.10. The molecule has 0 aliphatic heterocycles. The van der Waals surface area contributed by atoms with Crippen LogP contribution in [-0.2, 0) is 6.42 Å². The molecule has 124 valence electrons. The van der Waals surface area contributed by atoms with E-state index in [1.165, 1.54) is 12.1 Å². The number of rotatable bonds is 4. The summed E-state index contributed by atoms with van der Waals surface area (Å²) in [6, 6.07) is 6.04. The monoisotopic (exact) mass is 330 g/mol. The summed E-state index contributed by atoms with van der Waals surface area (Å²) in [6.07, 6.45) is 1.17. The number of ether oxygens (including phenoxy) is 1. The topological polar surface area (TPSA) is 43.4 Å². The number of carbonyl (C=O) groups excluding carboxylic acids is 2. The summed E-state index contributed by atoms with van der Waals surface area (Å²) in [5.74, 6) is -3.71. The minimum atomic E-state index is -1.04. The Balaban J connectivity index is 2.28. The maximum absolute atomic E-state index is 14.7. The van der Waals surface area contributed by atoms with E-state index in [1.54, 1.807) is 19.1 Å². The van der Waals surface area contributed by atoms with Crippen LogP contribution in [-0.4, -0.2) is 18.2 Å². The highest BCUT2D eigenvalue weighted by atomic mass is 19.1. The van der Waals surface area contributed by atoms with Gasteiger partial charge < -0.3 is 4.74 Å². The van der Waals surface area contributed by atoms with E-state index >= 15 is 0 Å². The van der Waals surface area contributed by atoms with Crippen molar-refractivity contribution in [1.29, 1.82) is 0 Å². The van der Waals surface area contributed by atoms with Gasteiger partial charge >= 0.3 is 0 Å². The molecular formula is C19H16F2O3. The Morgan fingerprint density at radius 1 is 0.875 bits per heavy atom. The Morgan fingerprint density at radius 3 is 2.04 bits per heavy atom. The number of ketones is 2. The summed E-state index contributed by atoms with van der Waals surface area (Å²) in [5.41, 5.74) is 0.238. The molecule has 3 rings (SSSR count). The molecule has 0 radical (unpaired) electrons. The molecule has 0 bridgehead atoms. The first-order valence-electron chi connectivity index (χ1n) is 7.87. The lowest BCUT2D eigenvalue weighted by Crippen LogP contribution is -2.25. The van der Waals surface area contributed by atoms with Crippen LogP contribution in [0, 0.1) is 11.6 Å². The van der Waals surface area contributed by atoms with Crippen LogP contribution in [0.4, 0.5) is 8.78 Å². The molecule has 3 nitrogen and oxygen atoms in total. The zero-order chi connectivity index (χ0) is 17.4. The van der Waals surface area contributed by atoms with Crippen LogP contribution in [0.5, 0.6) is 5.75 Å². The Labute approximate surface area is 138 Å². The van der Waals surface area contributed by atoms with Crippen LogP contribution in [0.1, 0.15) is 46.5 Å². The minimum Gasteiger partial charge on any atom is -0.491 e. The molecule has 0 atom stereocenters. The smallest absolute Gasteiger partial charge is 0.237 e. The number of halogens is 2. The van der Waals surface area contributed by atoms with Crippen molar-refractivity contribution in [3.63, 3.8) is 0 Å². The Hall–Kier alpha value is -2.56. The van der Waals surface area contributed by atoms with E-state index in [9.17, 15) is 18.4 Å². The van der Waals surface area contributed by atoms with Crippen LogP contribution in [0.15, 0.2) is 24.3 Å². The van der Waals surface area contributed by atoms with Crippen molar-refractivity contribution in [3.8, 4) is 16.9 Å². The summed E-state index contributed by atoms with van der Waals surface area (Å²) in [5, 5.41) is 0. The lowest BCUT2D eigenvalue weighted by Gasteiger charge is -2.21. The lowest BCUT2D eigenvalue weighted by molar-refractivity contribution is 0.0809. The number of hydrogen-bond acceptors (Lipinski definition) is 3. The van der Waals surface area contributed by atoms with Crippen molar-refractivity contribution in [2.24, 2.45) is 0 Å². The highest BCUT2D eigenvalue weighted by Gasteiger charge is 2.36. The van der Waals surface area contributed by atoms with Gasteiger partial charge in [-0.05, 0) is 42.2 Å². The van der Waals surface area contributed by atoms with Gasteiger partial charge in [0.15, 0.2) is 11.6 Å². The first-order valence-corrected chi connectivity index (χ1v) is 7.87. The third-order valence-electron chi connectivity index (χ3n) is 4.10. The van der Waals surface area contributed by atoms with E-state index in [2.05, 4.69) is 0 Å². The lowest BCUT2D eigenvalue weighted by atomic mass is 9.82. The molecule has 0 spiro atoms. The molecule has 0 saturated heterocycles. The van der Waals surface area contributed by atoms with Crippen LogP contribution in [0.25, 0.3) is 11.1 Å². The predicted molar refractivity (Wildman–Crippen MR) is 85.6 cm³/mol. The van der Waals surface area contributed by atoms with E-state index in [0.717, 1.165) is 0 Å². The summed E-state index contributed by atoms with van der Waals surface area (Å²) in [6.45, 7) is 3.81. The molecule has 1 aliphatic rings. The second-order valence-electron chi connectivity index (χ2n) is 5.60. The number of Topliss-reactive ketones (excluding diaryl/α,β-unsaturated/α-hetero) is 2. The summed E-state index contributed by atoms with van der Waals surface area (Å²) < 4.78 is 34.4. The van der Waals surface area contributed by atoms with Gasteiger partial charge in [0.1, 0.15) is 5.82 Å². The van der Waals surface area contributed by atoms with Crippen molar-refractivity contribution in [2.45, 2.75) is 26.7 Å². The van der Waals surface area contributed by atoms with Crippen molar-refractivity contribution in [2.75, 3.05) is 6.61 Å². The summed E-state index contributed by atoms with van der Waals surface area (Å²) >= 11 is 0. The van der Waals surface area contributed by atoms with Gasteiger partial charge in [0, 0.05) is 0 Å². The molecule has 0 aromatic heterocycles. The Kier molecular flexibility index (Phi) is 4.18. The van der Waals surface area contributed by atoms with Gasteiger partial charge in [-0.1, -0.05) is 25.5 Å². The number of aryl methyl sites for hydroxylation is 1. The van der Waals surface area contributed by atoms with E-state index in [4.69, 9.17) is 4.74 Å². The fraction of sp³-hybridized carbons (Fsp3) is 0.263. The molecule has 1 aliphatic carbocycles. The molecule has 0 fully saturated rings. The minimum absolute atomic E-state index is 0.0936. The molecule has 0 unspecified atom stereocenters. The SMILES string of the molecule is CCCc1ccc2c(c1F)C(=O)C(=O)c1c-2ccc(OCC)c1F. The maximum Gasteiger partial charge on any atom is 0.237 e. The van der Waals surface area contributed by atoms with E-state index < -0.39 is 23.2 Å². The number of hydrogen-bond donors (Lipinski definition) is 0. The van der Waals surface area contributed by atoms with Crippen molar-refractivity contribution >= 4 is 11.6 Å². The predicted octanol–water partition coefficient (Wildman–Crippen LogP) is 4.36. The quantitative estimate of drug-likeness (QED) is 0.782. The van der Waals surface area contributed by atoms with Gasteiger partial charge in [0.25, 0.3) is 0 Å². The normalized spacial score (nSPS) is 12.8. The molecule has 2 aromatic rings. The maximum atomic E-state index is 14.7. The molecule has 0 amide bonds.